The molecule has 2 aromatic rings. The quantitative estimate of drug-likeness (QED) is 0.742. The van der Waals surface area contributed by atoms with Crippen LogP contribution in [0, 0.1) is 0 Å². The van der Waals surface area contributed by atoms with Crippen molar-refractivity contribution in [1.82, 2.24) is 10.2 Å². The van der Waals surface area contributed by atoms with Gasteiger partial charge in [-0.1, -0.05) is 42.5 Å². The number of methoxy groups -OCH3 is 1. The molecule has 0 bridgehead atoms. The minimum atomic E-state index is -2.94. The summed E-state index contributed by atoms with van der Waals surface area (Å²) in [6, 6.07) is 14.0. The summed E-state index contributed by atoms with van der Waals surface area (Å²) < 4.78 is 34.0. The van der Waals surface area contributed by atoms with E-state index in [9.17, 15) is 18.4 Å². The second-order valence-electron chi connectivity index (χ2n) is 6.39. The number of hydrogen-bond acceptors (Lipinski definition) is 4. The second-order valence-corrected chi connectivity index (χ2v) is 6.39. The molecular formula is C21H20F2N2O4. The molecule has 2 amide bonds. The lowest BCUT2D eigenvalue weighted by molar-refractivity contribution is -0.136. The van der Waals surface area contributed by atoms with Gasteiger partial charge in [0.25, 0.3) is 0 Å². The first-order valence-corrected chi connectivity index (χ1v) is 8.86. The lowest BCUT2D eigenvalue weighted by Gasteiger charge is -2.35. The van der Waals surface area contributed by atoms with Crippen molar-refractivity contribution in [2.45, 2.75) is 26.1 Å². The van der Waals surface area contributed by atoms with Gasteiger partial charge in [-0.25, -0.2) is 9.59 Å². The highest BCUT2D eigenvalue weighted by Crippen LogP contribution is 2.33. The zero-order chi connectivity index (χ0) is 21.0. The maximum atomic E-state index is 12.8. The van der Waals surface area contributed by atoms with E-state index in [1.54, 1.807) is 6.92 Å². The molecule has 6 nitrogen and oxygen atoms in total. The molecular weight excluding hydrogens is 382 g/mol. The number of carbonyl (C=O) groups excluding carboxylic acids is 2. The molecule has 1 N–H and O–H groups in total. The van der Waals surface area contributed by atoms with Crippen LogP contribution in [0.5, 0.6) is 5.75 Å². The Hall–Kier alpha value is -3.42. The molecule has 8 heteroatoms. The fourth-order valence-electron chi connectivity index (χ4n) is 3.20. The van der Waals surface area contributed by atoms with Gasteiger partial charge in [0, 0.05) is 5.70 Å². The number of carbonyl (C=O) groups is 2. The summed E-state index contributed by atoms with van der Waals surface area (Å²) >= 11 is 0. The Morgan fingerprint density at radius 2 is 1.79 bits per heavy atom. The SMILES string of the molecule is COC(=O)C1=C(C)N(Cc2ccccc2)C(=O)NC1c1ccc(OC(F)F)cc1. The van der Waals surface area contributed by atoms with Gasteiger partial charge in [-0.05, 0) is 30.2 Å². The van der Waals surface area contributed by atoms with E-state index in [0.717, 1.165) is 5.56 Å². The number of ether oxygens (including phenoxy) is 2. The molecule has 0 aliphatic carbocycles. The van der Waals surface area contributed by atoms with Crippen molar-refractivity contribution in [2.75, 3.05) is 7.11 Å². The first kappa shape index (κ1) is 20.3. The number of esters is 1. The number of nitrogens with zero attached hydrogens (tertiary/aromatic N) is 1. The fourth-order valence-corrected chi connectivity index (χ4v) is 3.20. The van der Waals surface area contributed by atoms with Gasteiger partial charge in [0.05, 0.1) is 25.3 Å². The molecule has 0 aromatic heterocycles. The van der Waals surface area contributed by atoms with Gasteiger partial charge < -0.3 is 14.8 Å². The summed E-state index contributed by atoms with van der Waals surface area (Å²) in [4.78, 5) is 26.7. The molecule has 152 valence electrons. The van der Waals surface area contributed by atoms with E-state index in [1.807, 2.05) is 30.3 Å². The molecule has 3 rings (SSSR count). The summed E-state index contributed by atoms with van der Waals surface area (Å²) in [6.07, 6.45) is 0. The van der Waals surface area contributed by atoms with Gasteiger partial charge in [-0.15, -0.1) is 0 Å². The van der Waals surface area contributed by atoms with Crippen LogP contribution >= 0.6 is 0 Å². The van der Waals surface area contributed by atoms with E-state index in [2.05, 4.69) is 10.1 Å². The molecule has 0 saturated heterocycles. The average molecular weight is 402 g/mol. The molecule has 1 aliphatic heterocycles. The smallest absolute Gasteiger partial charge is 0.387 e. The van der Waals surface area contributed by atoms with Crippen LogP contribution < -0.4 is 10.1 Å². The van der Waals surface area contributed by atoms with Crippen LogP contribution in [0.15, 0.2) is 65.9 Å². The number of urea groups is 1. The summed E-state index contributed by atoms with van der Waals surface area (Å²) in [6.45, 7) is -0.975. The Bertz CT molecular complexity index is 914. The topological polar surface area (TPSA) is 67.9 Å². The van der Waals surface area contributed by atoms with Crippen LogP contribution in [-0.4, -0.2) is 30.6 Å². The van der Waals surface area contributed by atoms with Gasteiger partial charge in [-0.3, -0.25) is 4.90 Å². The van der Waals surface area contributed by atoms with Crippen LogP contribution in [0.2, 0.25) is 0 Å². The number of benzene rings is 2. The summed E-state index contributed by atoms with van der Waals surface area (Å²) in [5.41, 5.74) is 2.17. The largest absolute Gasteiger partial charge is 0.466 e. The van der Waals surface area contributed by atoms with E-state index < -0.39 is 18.6 Å². The number of nitrogens with one attached hydrogen (secondary N) is 1. The van der Waals surface area contributed by atoms with Crippen molar-refractivity contribution in [1.29, 1.82) is 0 Å². The predicted octanol–water partition coefficient (Wildman–Crippen LogP) is 4.00. The third-order valence-electron chi connectivity index (χ3n) is 4.62. The molecule has 0 radical (unpaired) electrons. The third kappa shape index (κ3) is 4.53. The van der Waals surface area contributed by atoms with E-state index in [0.29, 0.717) is 11.3 Å². The molecule has 1 unspecified atom stereocenters. The molecule has 29 heavy (non-hydrogen) atoms. The number of rotatable bonds is 6. The minimum absolute atomic E-state index is 0.0168. The summed E-state index contributed by atoms with van der Waals surface area (Å²) in [7, 11) is 1.26. The second kappa shape index (κ2) is 8.72. The zero-order valence-electron chi connectivity index (χ0n) is 15.9. The lowest BCUT2D eigenvalue weighted by atomic mass is 9.94. The molecule has 0 saturated carbocycles. The Morgan fingerprint density at radius 1 is 1.14 bits per heavy atom. The van der Waals surface area contributed by atoms with Crippen molar-refractivity contribution >= 4 is 12.0 Å². The molecule has 1 aliphatic rings. The van der Waals surface area contributed by atoms with E-state index >= 15 is 0 Å². The van der Waals surface area contributed by atoms with Crippen LogP contribution in [0.1, 0.15) is 24.1 Å². The van der Waals surface area contributed by atoms with Crippen molar-refractivity contribution in [3.8, 4) is 5.75 Å². The van der Waals surface area contributed by atoms with Gasteiger partial charge in [0.1, 0.15) is 5.75 Å². The zero-order valence-corrected chi connectivity index (χ0v) is 15.9. The monoisotopic (exact) mass is 402 g/mol. The molecule has 2 aromatic carbocycles. The van der Waals surface area contributed by atoms with Crippen LogP contribution in [0.4, 0.5) is 13.6 Å². The van der Waals surface area contributed by atoms with E-state index in [-0.39, 0.29) is 23.9 Å². The molecule has 0 spiro atoms. The molecule has 1 atom stereocenters. The number of alkyl halides is 2. The Morgan fingerprint density at radius 3 is 2.38 bits per heavy atom. The third-order valence-corrected chi connectivity index (χ3v) is 4.62. The van der Waals surface area contributed by atoms with Crippen LogP contribution in [0.25, 0.3) is 0 Å². The highest BCUT2D eigenvalue weighted by Gasteiger charge is 2.36. The van der Waals surface area contributed by atoms with Crippen molar-refractivity contribution in [3.05, 3.63) is 77.0 Å². The highest BCUT2D eigenvalue weighted by molar-refractivity contribution is 5.95. The van der Waals surface area contributed by atoms with E-state index in [1.165, 1.54) is 36.3 Å². The standard InChI is InChI=1S/C21H20F2N2O4/c1-13-17(19(26)28-2)18(15-8-10-16(11-9-15)29-20(22)23)24-21(27)25(13)12-14-6-4-3-5-7-14/h3-11,18,20H,12H2,1-2H3,(H,24,27). The summed E-state index contributed by atoms with van der Waals surface area (Å²) in [5.74, 6) is -0.602. The van der Waals surface area contributed by atoms with Gasteiger partial charge in [-0.2, -0.15) is 8.78 Å². The van der Waals surface area contributed by atoms with Gasteiger partial charge in [0.2, 0.25) is 0 Å². The molecule has 0 fully saturated rings. The number of allylic oxidation sites excluding steroid dienone is 1. The maximum Gasteiger partial charge on any atom is 0.387 e. The summed E-state index contributed by atoms with van der Waals surface area (Å²) in [5, 5.41) is 2.80. The van der Waals surface area contributed by atoms with Crippen LogP contribution in [0.3, 0.4) is 0 Å². The Kier molecular flexibility index (Phi) is 6.11. The number of hydrogen-bond donors (Lipinski definition) is 1. The van der Waals surface area contributed by atoms with Gasteiger partial charge in [0.15, 0.2) is 0 Å². The Balaban J connectivity index is 1.95. The predicted molar refractivity (Wildman–Crippen MR) is 101 cm³/mol. The molecule has 1 heterocycles. The fraction of sp³-hybridized carbons (Fsp3) is 0.238. The number of amides is 2. The van der Waals surface area contributed by atoms with Crippen molar-refractivity contribution in [2.24, 2.45) is 0 Å². The average Bonchev–Trinajstić information content (AvgIpc) is 2.71. The minimum Gasteiger partial charge on any atom is -0.466 e. The van der Waals surface area contributed by atoms with Crippen molar-refractivity contribution in [3.63, 3.8) is 0 Å². The Labute approximate surface area is 166 Å². The normalized spacial score (nSPS) is 16.7. The first-order valence-electron chi connectivity index (χ1n) is 8.86. The van der Waals surface area contributed by atoms with E-state index in [4.69, 9.17) is 4.74 Å². The van der Waals surface area contributed by atoms with Gasteiger partial charge >= 0.3 is 18.6 Å². The van der Waals surface area contributed by atoms with Crippen molar-refractivity contribution < 1.29 is 27.8 Å². The van der Waals surface area contributed by atoms with Crippen LogP contribution in [-0.2, 0) is 16.1 Å². The highest BCUT2D eigenvalue weighted by atomic mass is 19.3. The maximum absolute atomic E-state index is 12.8. The lowest BCUT2D eigenvalue weighted by Crippen LogP contribution is -2.47. The first-order chi connectivity index (χ1) is 13.9. The number of halogens is 2.